The van der Waals surface area contributed by atoms with E-state index in [2.05, 4.69) is 214 Å². The van der Waals surface area contributed by atoms with Crippen LogP contribution in [0.3, 0.4) is 0 Å². The van der Waals surface area contributed by atoms with Gasteiger partial charge >= 0.3 is 0 Å². The fourth-order valence-corrected chi connectivity index (χ4v) is 9.86. The summed E-state index contributed by atoms with van der Waals surface area (Å²) < 4.78 is 7.02. The van der Waals surface area contributed by atoms with E-state index in [9.17, 15) is 0 Å². The lowest BCUT2D eigenvalue weighted by molar-refractivity contribution is 0.949. The van der Waals surface area contributed by atoms with Gasteiger partial charge in [-0.3, -0.25) is 4.57 Å². The molecule has 294 valence electrons. The minimum atomic E-state index is 0.548. The van der Waals surface area contributed by atoms with Crippen molar-refractivity contribution in [2.24, 2.45) is 0 Å². The highest BCUT2D eigenvalue weighted by Gasteiger charge is 2.26. The number of benzene rings is 9. The zero-order valence-corrected chi connectivity index (χ0v) is 34.0. The van der Waals surface area contributed by atoms with Crippen LogP contribution in [0, 0.1) is 0 Å². The van der Waals surface area contributed by atoms with Crippen LogP contribution in [0.4, 0.5) is 0 Å². The molecular weight excluding hydrogens is 769 g/mol. The largest absolute Gasteiger partial charge is 0.308 e. The standard InChI is InChI=1S/C57H36N6/c1-3-19-37(20-4-1)39-28-17-29-45-44-27-11-14-32-48(44)62(54(39)45)52-36-18-35-51(61-46-30-12-7-23-40(46)41-24-8-13-31-47(41)61)53(52)56-58-55(38-21-5-2-6-22-38)59-57(60-56)63-49-33-15-9-25-42(49)43-26-10-16-34-50(43)63/h1-36H. The van der Waals surface area contributed by atoms with Gasteiger partial charge in [-0.15, -0.1) is 0 Å². The minimum Gasteiger partial charge on any atom is -0.308 e. The maximum absolute atomic E-state index is 5.63. The molecule has 0 aliphatic heterocycles. The number of hydrogen-bond acceptors (Lipinski definition) is 3. The molecule has 6 nitrogen and oxygen atoms in total. The minimum absolute atomic E-state index is 0.548. The van der Waals surface area contributed by atoms with Crippen molar-refractivity contribution in [3.63, 3.8) is 0 Å². The van der Waals surface area contributed by atoms with Gasteiger partial charge < -0.3 is 9.13 Å². The molecule has 0 aliphatic rings. The van der Waals surface area contributed by atoms with Gasteiger partial charge in [-0.05, 0) is 48.0 Å². The molecule has 13 rings (SSSR count). The van der Waals surface area contributed by atoms with Crippen LogP contribution in [0.5, 0.6) is 0 Å². The number of para-hydroxylation sites is 6. The molecule has 0 aliphatic carbocycles. The fraction of sp³-hybridized carbons (Fsp3) is 0. The molecule has 0 amide bonds. The van der Waals surface area contributed by atoms with Gasteiger partial charge in [-0.25, -0.2) is 4.98 Å². The first-order valence-corrected chi connectivity index (χ1v) is 21.3. The van der Waals surface area contributed by atoms with Gasteiger partial charge in [0, 0.05) is 43.4 Å². The SMILES string of the molecule is c1ccc(-c2nc(-c3c(-n4c5ccccc5c5ccccc54)cccc3-n3c4ccccc4c4cccc(-c5ccccc5)c43)nc(-n3c4ccccc4c4ccccc43)n2)cc1. The Hall–Kier alpha value is -8.61. The third kappa shape index (κ3) is 5.35. The fourth-order valence-electron chi connectivity index (χ4n) is 9.86. The smallest absolute Gasteiger partial charge is 0.238 e. The van der Waals surface area contributed by atoms with Gasteiger partial charge in [0.1, 0.15) is 0 Å². The summed E-state index contributed by atoms with van der Waals surface area (Å²) in [5, 5.41) is 6.98. The zero-order valence-electron chi connectivity index (χ0n) is 34.0. The van der Waals surface area contributed by atoms with Crippen molar-refractivity contribution >= 4 is 65.4 Å². The molecule has 0 unspecified atom stereocenters. The third-order valence-corrected chi connectivity index (χ3v) is 12.5. The highest BCUT2D eigenvalue weighted by Crippen LogP contribution is 2.44. The molecule has 6 heteroatoms. The van der Waals surface area contributed by atoms with E-state index in [1.54, 1.807) is 0 Å². The summed E-state index contributed by atoms with van der Waals surface area (Å²) in [6.45, 7) is 0. The van der Waals surface area contributed by atoms with Crippen LogP contribution in [0.1, 0.15) is 0 Å². The zero-order chi connectivity index (χ0) is 41.4. The Labute approximate surface area is 362 Å². The first kappa shape index (κ1) is 35.2. The lowest BCUT2D eigenvalue weighted by atomic mass is 10.0. The molecule has 0 bridgehead atoms. The van der Waals surface area contributed by atoms with Gasteiger partial charge in [0.2, 0.25) is 5.95 Å². The van der Waals surface area contributed by atoms with Crippen molar-refractivity contribution in [1.82, 2.24) is 28.7 Å². The van der Waals surface area contributed by atoms with Gasteiger partial charge in [-0.2, -0.15) is 9.97 Å². The Balaban J connectivity index is 1.22. The molecule has 0 spiro atoms. The monoisotopic (exact) mass is 804 g/mol. The van der Waals surface area contributed by atoms with E-state index in [1.807, 2.05) is 18.2 Å². The topological polar surface area (TPSA) is 53.5 Å². The Morgan fingerprint density at radius 2 is 0.667 bits per heavy atom. The lowest BCUT2D eigenvalue weighted by Crippen LogP contribution is -2.10. The van der Waals surface area contributed by atoms with Crippen LogP contribution in [-0.4, -0.2) is 28.7 Å². The number of nitrogens with zero attached hydrogens (tertiary/aromatic N) is 6. The number of rotatable bonds is 6. The summed E-state index contributed by atoms with van der Waals surface area (Å²) in [6, 6.07) is 77.3. The molecular formula is C57H36N6. The molecule has 63 heavy (non-hydrogen) atoms. The summed E-state index contributed by atoms with van der Waals surface area (Å²) in [4.78, 5) is 16.5. The molecule has 4 aromatic heterocycles. The second kappa shape index (κ2) is 14.0. The van der Waals surface area contributed by atoms with Crippen molar-refractivity contribution in [3.05, 3.63) is 218 Å². The highest BCUT2D eigenvalue weighted by atomic mass is 15.2. The molecule has 0 fully saturated rings. The Morgan fingerprint density at radius 3 is 1.22 bits per heavy atom. The Kier molecular flexibility index (Phi) is 7.80. The molecule has 13 aromatic rings. The normalized spacial score (nSPS) is 11.8. The first-order valence-electron chi connectivity index (χ1n) is 21.3. The molecule has 9 aromatic carbocycles. The number of hydrogen-bond donors (Lipinski definition) is 0. The van der Waals surface area contributed by atoms with Crippen LogP contribution in [0.25, 0.3) is 117 Å². The van der Waals surface area contributed by atoms with Crippen LogP contribution in [0.2, 0.25) is 0 Å². The second-order valence-corrected chi connectivity index (χ2v) is 16.0. The molecule has 0 saturated carbocycles. The molecule has 0 radical (unpaired) electrons. The highest BCUT2D eigenvalue weighted by molar-refractivity contribution is 6.15. The van der Waals surface area contributed by atoms with Crippen LogP contribution in [-0.2, 0) is 0 Å². The molecule has 0 saturated heterocycles. The maximum Gasteiger partial charge on any atom is 0.238 e. The first-order chi connectivity index (χ1) is 31.3. The lowest BCUT2D eigenvalue weighted by Gasteiger charge is -2.20. The molecule has 0 N–H and O–H groups in total. The average molecular weight is 805 g/mol. The van der Waals surface area contributed by atoms with E-state index in [1.165, 1.54) is 21.5 Å². The van der Waals surface area contributed by atoms with Gasteiger partial charge in [0.05, 0.1) is 50.0 Å². The predicted molar refractivity (Wildman–Crippen MR) is 259 cm³/mol. The summed E-state index contributed by atoms with van der Waals surface area (Å²) >= 11 is 0. The average Bonchev–Trinajstić information content (AvgIpc) is 4.00. The van der Waals surface area contributed by atoms with Crippen molar-refractivity contribution in [2.75, 3.05) is 0 Å². The van der Waals surface area contributed by atoms with Crippen molar-refractivity contribution in [3.8, 4) is 51.2 Å². The van der Waals surface area contributed by atoms with E-state index < -0.39 is 0 Å². The van der Waals surface area contributed by atoms with E-state index in [0.29, 0.717) is 17.6 Å². The van der Waals surface area contributed by atoms with Gasteiger partial charge in [-0.1, -0.05) is 176 Å². The summed E-state index contributed by atoms with van der Waals surface area (Å²) in [7, 11) is 0. The Morgan fingerprint density at radius 1 is 0.270 bits per heavy atom. The predicted octanol–water partition coefficient (Wildman–Crippen LogP) is 14.2. The van der Waals surface area contributed by atoms with Crippen molar-refractivity contribution < 1.29 is 0 Å². The number of fused-ring (bicyclic) bond motifs is 9. The van der Waals surface area contributed by atoms with Crippen molar-refractivity contribution in [1.29, 1.82) is 0 Å². The van der Waals surface area contributed by atoms with E-state index in [4.69, 9.17) is 15.0 Å². The van der Waals surface area contributed by atoms with Crippen LogP contribution >= 0.6 is 0 Å². The van der Waals surface area contributed by atoms with Gasteiger partial charge in [0.15, 0.2) is 11.6 Å². The second-order valence-electron chi connectivity index (χ2n) is 16.0. The van der Waals surface area contributed by atoms with E-state index in [0.717, 1.165) is 77.5 Å². The van der Waals surface area contributed by atoms with Crippen molar-refractivity contribution in [2.45, 2.75) is 0 Å². The Bertz CT molecular complexity index is 3810. The summed E-state index contributed by atoms with van der Waals surface area (Å²) in [5.74, 6) is 1.70. The summed E-state index contributed by atoms with van der Waals surface area (Å²) in [6.07, 6.45) is 0. The molecule has 0 atom stereocenters. The number of aromatic nitrogens is 6. The molecule has 4 heterocycles. The van der Waals surface area contributed by atoms with E-state index >= 15 is 0 Å². The van der Waals surface area contributed by atoms with Crippen LogP contribution < -0.4 is 0 Å². The quantitative estimate of drug-likeness (QED) is 0.168. The van der Waals surface area contributed by atoms with E-state index in [-0.39, 0.29) is 0 Å². The summed E-state index contributed by atoms with van der Waals surface area (Å²) in [5.41, 5.74) is 12.5. The maximum atomic E-state index is 5.63. The van der Waals surface area contributed by atoms with Gasteiger partial charge in [0.25, 0.3) is 0 Å². The van der Waals surface area contributed by atoms with Crippen LogP contribution in [0.15, 0.2) is 218 Å². The third-order valence-electron chi connectivity index (χ3n) is 12.5.